The van der Waals surface area contributed by atoms with Crippen LogP contribution in [0.2, 0.25) is 10.0 Å². The summed E-state index contributed by atoms with van der Waals surface area (Å²) in [4.78, 5) is 11.0. The Bertz CT molecular complexity index is 1220. The number of fused-ring (bicyclic) bond motifs is 1. The number of halogens is 2. The minimum Gasteiger partial charge on any atom is -0.370 e. The lowest BCUT2D eigenvalue weighted by Crippen LogP contribution is -2.57. The molecule has 2 aromatic heterocycles. The molecule has 36 heavy (non-hydrogen) atoms. The highest BCUT2D eigenvalue weighted by atomic mass is 35.5. The van der Waals surface area contributed by atoms with Crippen LogP contribution in [0.1, 0.15) is 55.9 Å². The van der Waals surface area contributed by atoms with Crippen LogP contribution in [-0.2, 0) is 14.6 Å². The molecule has 4 aliphatic rings. The van der Waals surface area contributed by atoms with Crippen LogP contribution in [0.25, 0.3) is 0 Å². The highest BCUT2D eigenvalue weighted by Crippen LogP contribution is 2.44. The molecule has 5 atom stereocenters. The van der Waals surface area contributed by atoms with Gasteiger partial charge in [0.2, 0.25) is 0 Å². The van der Waals surface area contributed by atoms with E-state index in [4.69, 9.17) is 32.9 Å². The molecule has 0 aromatic carbocycles. The smallest absolute Gasteiger partial charge is 0.151 e. The molecular weight excluding hydrogens is 521 g/mol. The molecule has 194 valence electrons. The first kappa shape index (κ1) is 24.8. The Balaban J connectivity index is 1.09. The van der Waals surface area contributed by atoms with Crippen LogP contribution in [0, 0.1) is 11.3 Å². The van der Waals surface area contributed by atoms with Gasteiger partial charge >= 0.3 is 0 Å². The summed E-state index contributed by atoms with van der Waals surface area (Å²) < 4.78 is 30.3. The number of nitrogens with zero attached hydrogens (tertiary/aromatic N) is 3. The summed E-state index contributed by atoms with van der Waals surface area (Å²) in [5, 5.41) is 1.05. The van der Waals surface area contributed by atoms with E-state index >= 15 is 0 Å². The van der Waals surface area contributed by atoms with Crippen LogP contribution in [-0.4, -0.2) is 55.1 Å². The maximum absolute atomic E-state index is 11.9. The predicted molar refractivity (Wildman–Crippen MR) is 140 cm³/mol. The molecule has 5 heterocycles. The molecule has 6 rings (SSSR count). The number of sulfone groups is 1. The molecule has 1 spiro atoms. The summed E-state index contributed by atoms with van der Waals surface area (Å²) in [7, 11) is -2.87. The minimum atomic E-state index is -2.87. The first-order valence-electron chi connectivity index (χ1n) is 12.6. The Labute approximate surface area is 222 Å². The van der Waals surface area contributed by atoms with Gasteiger partial charge in [-0.2, -0.15) is 0 Å². The Morgan fingerprint density at radius 1 is 1.14 bits per heavy atom. The van der Waals surface area contributed by atoms with E-state index in [1.54, 1.807) is 12.4 Å². The van der Waals surface area contributed by atoms with Crippen molar-refractivity contribution in [3.8, 4) is 0 Å². The normalized spacial score (nSPS) is 31.2. The van der Waals surface area contributed by atoms with Gasteiger partial charge in [0.1, 0.15) is 5.82 Å². The fourth-order valence-electron chi connectivity index (χ4n) is 6.56. The molecule has 3 saturated heterocycles. The third kappa shape index (κ3) is 4.63. The van der Waals surface area contributed by atoms with E-state index < -0.39 is 9.84 Å². The Morgan fingerprint density at radius 3 is 2.58 bits per heavy atom. The van der Waals surface area contributed by atoms with Crippen molar-refractivity contribution >= 4 is 38.9 Å². The summed E-state index contributed by atoms with van der Waals surface area (Å²) in [6.45, 7) is 3.54. The molecule has 1 saturated carbocycles. The molecule has 3 aliphatic heterocycles. The second-order valence-corrected chi connectivity index (χ2v) is 13.9. The highest BCUT2D eigenvalue weighted by molar-refractivity contribution is 7.91. The first-order chi connectivity index (χ1) is 17.2. The molecule has 2 aromatic rings. The van der Waals surface area contributed by atoms with Crippen molar-refractivity contribution in [2.24, 2.45) is 11.3 Å². The number of ether oxygens (including phenoxy) is 1. The van der Waals surface area contributed by atoms with E-state index in [1.165, 1.54) is 0 Å². The largest absolute Gasteiger partial charge is 0.370 e. The first-order valence-corrected chi connectivity index (χ1v) is 15.2. The molecule has 11 heteroatoms. The molecule has 2 N–H and O–H groups in total. The lowest BCUT2D eigenvalue weighted by atomic mass is 9.78. The molecule has 1 aliphatic carbocycles. The zero-order valence-corrected chi connectivity index (χ0v) is 22.5. The maximum atomic E-state index is 11.9. The van der Waals surface area contributed by atoms with Gasteiger partial charge in [0.05, 0.1) is 39.8 Å². The predicted octanol–water partition coefficient (Wildman–Crippen LogP) is 3.87. The van der Waals surface area contributed by atoms with Crippen molar-refractivity contribution in [2.45, 2.75) is 56.9 Å². The molecule has 0 radical (unpaired) electrons. The van der Waals surface area contributed by atoms with Crippen LogP contribution in [0.3, 0.4) is 0 Å². The number of hydrogen-bond acceptors (Lipinski definition) is 8. The van der Waals surface area contributed by atoms with Crippen molar-refractivity contribution in [3.05, 3.63) is 51.9 Å². The molecule has 0 bridgehead atoms. The number of aromatic nitrogens is 2. The Morgan fingerprint density at radius 2 is 1.92 bits per heavy atom. The van der Waals surface area contributed by atoms with Crippen LogP contribution in [0.4, 0.5) is 5.82 Å². The average Bonchev–Trinajstić information content (AvgIpc) is 3.38. The zero-order chi connectivity index (χ0) is 25.1. The van der Waals surface area contributed by atoms with Gasteiger partial charge in [0.25, 0.3) is 0 Å². The molecule has 4 unspecified atom stereocenters. The third-order valence-electron chi connectivity index (χ3n) is 8.37. The van der Waals surface area contributed by atoms with Gasteiger partial charge in [-0.15, -0.1) is 0 Å². The lowest BCUT2D eigenvalue weighted by Gasteiger charge is -2.48. The van der Waals surface area contributed by atoms with Crippen molar-refractivity contribution < 1.29 is 13.2 Å². The number of pyridine rings is 2. The molecule has 8 nitrogen and oxygen atoms in total. The van der Waals surface area contributed by atoms with Crippen LogP contribution in [0.15, 0.2) is 30.7 Å². The average molecular weight is 553 g/mol. The fraction of sp³-hybridized carbons (Fsp3) is 0.600. The zero-order valence-electron chi connectivity index (χ0n) is 20.2. The number of rotatable bonds is 5. The quantitative estimate of drug-likeness (QED) is 0.578. The minimum absolute atomic E-state index is 0.0672. The Kier molecular flexibility index (Phi) is 6.45. The topological polar surface area (TPSA) is 96.5 Å². The van der Waals surface area contributed by atoms with E-state index in [9.17, 15) is 8.42 Å². The van der Waals surface area contributed by atoms with Gasteiger partial charge in [-0.25, -0.2) is 18.8 Å². The summed E-state index contributed by atoms with van der Waals surface area (Å²) >= 11 is 12.7. The van der Waals surface area contributed by atoms with E-state index in [0.717, 1.165) is 55.7 Å². The molecular formula is C25H31Cl2N5O3S. The van der Waals surface area contributed by atoms with Gasteiger partial charge in [-0.05, 0) is 50.2 Å². The van der Waals surface area contributed by atoms with E-state index in [-0.39, 0.29) is 23.7 Å². The number of anilines is 1. The highest BCUT2D eigenvalue weighted by Gasteiger charge is 2.51. The van der Waals surface area contributed by atoms with E-state index in [2.05, 4.69) is 32.9 Å². The van der Waals surface area contributed by atoms with Gasteiger partial charge < -0.3 is 9.64 Å². The molecule has 0 amide bonds. The maximum Gasteiger partial charge on any atom is 0.151 e. The van der Waals surface area contributed by atoms with Crippen molar-refractivity contribution in [2.75, 3.05) is 29.5 Å². The van der Waals surface area contributed by atoms with Gasteiger partial charge in [0, 0.05) is 48.7 Å². The number of nitrogens with one attached hydrogen (secondary N) is 2. The second-order valence-electron chi connectivity index (χ2n) is 10.9. The Hall–Kier alpha value is -1.49. The SMILES string of the molecule is C[C@@H](OC1CCC2NNC(c3ccc(N4CC5(CCS(=O)(=O)C5)C4)nc3)C2C1)c1c(Cl)cncc1Cl. The second kappa shape index (κ2) is 9.36. The summed E-state index contributed by atoms with van der Waals surface area (Å²) in [5.74, 6) is 1.93. The number of hydrazine groups is 1. The number of hydrogen-bond donors (Lipinski definition) is 2. The fourth-order valence-corrected chi connectivity index (χ4v) is 9.38. The van der Waals surface area contributed by atoms with Gasteiger partial charge in [-0.3, -0.25) is 10.4 Å². The van der Waals surface area contributed by atoms with E-state index in [0.29, 0.717) is 33.5 Å². The standard InChI is InChI=1S/C25H31Cl2N5O3S/c1-15(23-19(26)10-28-11-20(23)27)35-17-3-4-21-18(8-17)24(31-30-21)16-2-5-22(29-9-16)32-12-25(13-32)6-7-36(33,34)14-25/h2,5,9-11,15,17-18,21,24,30-31H,3-4,6-8,12-14H2,1H3/t15-,17?,18?,21?,24?/m1/s1. The van der Waals surface area contributed by atoms with Gasteiger partial charge in [-0.1, -0.05) is 29.3 Å². The van der Waals surface area contributed by atoms with Crippen LogP contribution in [0.5, 0.6) is 0 Å². The van der Waals surface area contributed by atoms with Crippen molar-refractivity contribution in [1.82, 2.24) is 20.8 Å². The van der Waals surface area contributed by atoms with E-state index in [1.807, 2.05) is 13.1 Å². The third-order valence-corrected chi connectivity index (χ3v) is 10.9. The monoisotopic (exact) mass is 551 g/mol. The summed E-state index contributed by atoms with van der Waals surface area (Å²) in [5.41, 5.74) is 8.83. The summed E-state index contributed by atoms with van der Waals surface area (Å²) in [6, 6.07) is 4.74. The van der Waals surface area contributed by atoms with Crippen LogP contribution >= 0.6 is 23.2 Å². The lowest BCUT2D eigenvalue weighted by molar-refractivity contribution is -0.0370. The molecule has 4 fully saturated rings. The summed E-state index contributed by atoms with van der Waals surface area (Å²) in [6.07, 6.45) is 8.74. The van der Waals surface area contributed by atoms with Gasteiger partial charge in [0.15, 0.2) is 9.84 Å². The van der Waals surface area contributed by atoms with Crippen molar-refractivity contribution in [3.63, 3.8) is 0 Å². The van der Waals surface area contributed by atoms with Crippen LogP contribution < -0.4 is 15.8 Å². The van der Waals surface area contributed by atoms with Crippen molar-refractivity contribution in [1.29, 1.82) is 0 Å².